The molecule has 0 spiro atoms. The number of aryl methyl sites for hydroxylation is 3. The number of pyridine rings is 1. The fourth-order valence-electron chi connectivity index (χ4n) is 5.50. The van der Waals surface area contributed by atoms with Gasteiger partial charge in [-0.2, -0.15) is 5.10 Å². The number of nitrogens with one attached hydrogen (secondary N) is 3. The van der Waals surface area contributed by atoms with Gasteiger partial charge in [-0.1, -0.05) is 18.2 Å². The molecule has 0 aliphatic carbocycles. The molecule has 0 bridgehead atoms. The average Bonchev–Trinajstić information content (AvgIpc) is 3.68. The third-order valence-electron chi connectivity index (χ3n) is 7.53. The Balaban J connectivity index is 1.62. The second kappa shape index (κ2) is 9.74. The lowest BCUT2D eigenvalue weighted by Gasteiger charge is -2.18. The van der Waals surface area contributed by atoms with Crippen LogP contribution in [0.25, 0.3) is 32.9 Å². The van der Waals surface area contributed by atoms with Crippen molar-refractivity contribution in [1.82, 2.24) is 30.0 Å². The highest BCUT2D eigenvalue weighted by Crippen LogP contribution is 2.41. The number of carbonyl (C=O) groups excluding carboxylic acids is 1. The maximum atomic E-state index is 13.1. The van der Waals surface area contributed by atoms with Crippen LogP contribution in [0.5, 0.6) is 11.5 Å². The van der Waals surface area contributed by atoms with Crippen LogP contribution in [0.2, 0.25) is 0 Å². The lowest BCUT2D eigenvalue weighted by molar-refractivity contribution is 0.0951. The van der Waals surface area contributed by atoms with Crippen molar-refractivity contribution >= 4 is 27.7 Å². The first-order valence-electron chi connectivity index (χ1n) is 13.3. The fraction of sp³-hybridized carbons (Fsp3) is 0.300. The van der Waals surface area contributed by atoms with E-state index in [0.717, 1.165) is 58.4 Å². The zero-order valence-corrected chi connectivity index (χ0v) is 22.6. The molecule has 5 aromatic rings. The Bertz CT molecular complexity index is 1770. The predicted molar refractivity (Wildman–Crippen MR) is 153 cm³/mol. The molecule has 6 rings (SSSR count). The topological polar surface area (TPSA) is 106 Å². The highest BCUT2D eigenvalue weighted by atomic mass is 16.5. The largest absolute Gasteiger partial charge is 0.456 e. The Labute approximate surface area is 225 Å². The minimum absolute atomic E-state index is 0.204. The lowest BCUT2D eigenvalue weighted by atomic mass is 10.0. The van der Waals surface area contributed by atoms with Crippen molar-refractivity contribution in [3.63, 3.8) is 0 Å². The van der Waals surface area contributed by atoms with Crippen LogP contribution in [0.3, 0.4) is 0 Å². The van der Waals surface area contributed by atoms with Crippen LogP contribution in [0, 0.1) is 13.8 Å². The number of ether oxygens (including phenoxy) is 1. The summed E-state index contributed by atoms with van der Waals surface area (Å²) < 4.78 is 10.3. The molecular weight excluding hydrogens is 492 g/mol. The Kier molecular flexibility index (Phi) is 6.23. The number of amides is 1. The molecule has 9 heteroatoms. The summed E-state index contributed by atoms with van der Waals surface area (Å²) in [5.41, 5.74) is 5.18. The van der Waals surface area contributed by atoms with Gasteiger partial charge in [0.1, 0.15) is 22.7 Å². The number of carbonyl (C=O) groups is 1. The van der Waals surface area contributed by atoms with Gasteiger partial charge in [-0.05, 0) is 63.1 Å². The van der Waals surface area contributed by atoms with Gasteiger partial charge in [0.2, 0.25) is 0 Å². The Morgan fingerprint density at radius 2 is 1.97 bits per heavy atom. The van der Waals surface area contributed by atoms with E-state index in [1.54, 1.807) is 17.7 Å². The van der Waals surface area contributed by atoms with E-state index in [2.05, 4.69) is 26.4 Å². The van der Waals surface area contributed by atoms with Crippen LogP contribution in [0.15, 0.2) is 53.6 Å². The smallest absolute Gasteiger partial charge is 0.274 e. The van der Waals surface area contributed by atoms with Crippen molar-refractivity contribution in [1.29, 1.82) is 0 Å². The van der Waals surface area contributed by atoms with Gasteiger partial charge in [0.05, 0.1) is 17.8 Å². The van der Waals surface area contributed by atoms with Gasteiger partial charge in [0.15, 0.2) is 0 Å². The number of aromatic amines is 1. The SMILES string of the molecule is CCNC(=O)c1cc2c(-c3cc4c(cnn4C4CCNC4)cc3Oc3c(C)cccc3C)cn(C)c(=O)c2[nH]1. The maximum Gasteiger partial charge on any atom is 0.274 e. The molecule has 200 valence electrons. The molecule has 1 amide bonds. The second-order valence-corrected chi connectivity index (χ2v) is 10.3. The van der Waals surface area contributed by atoms with E-state index >= 15 is 0 Å². The van der Waals surface area contributed by atoms with E-state index in [1.807, 2.05) is 57.4 Å². The molecule has 1 fully saturated rings. The van der Waals surface area contributed by atoms with Gasteiger partial charge in [0, 0.05) is 48.2 Å². The molecule has 2 aromatic carbocycles. The van der Waals surface area contributed by atoms with E-state index in [4.69, 9.17) is 9.84 Å². The molecule has 4 heterocycles. The van der Waals surface area contributed by atoms with E-state index in [-0.39, 0.29) is 17.5 Å². The van der Waals surface area contributed by atoms with Gasteiger partial charge in [0.25, 0.3) is 11.5 Å². The summed E-state index contributed by atoms with van der Waals surface area (Å²) >= 11 is 0. The van der Waals surface area contributed by atoms with Crippen LogP contribution >= 0.6 is 0 Å². The Hall–Kier alpha value is -4.37. The minimum Gasteiger partial charge on any atom is -0.456 e. The monoisotopic (exact) mass is 524 g/mol. The summed E-state index contributed by atoms with van der Waals surface area (Å²) in [5, 5.41) is 12.6. The molecule has 9 nitrogen and oxygen atoms in total. The van der Waals surface area contributed by atoms with Gasteiger partial charge >= 0.3 is 0 Å². The summed E-state index contributed by atoms with van der Waals surface area (Å²) in [6, 6.07) is 12.2. The van der Waals surface area contributed by atoms with Gasteiger partial charge in [-0.15, -0.1) is 0 Å². The van der Waals surface area contributed by atoms with Crippen molar-refractivity contribution in [3.05, 3.63) is 76.0 Å². The van der Waals surface area contributed by atoms with Crippen molar-refractivity contribution in [2.75, 3.05) is 19.6 Å². The van der Waals surface area contributed by atoms with Gasteiger partial charge < -0.3 is 24.9 Å². The van der Waals surface area contributed by atoms with Crippen molar-refractivity contribution in [3.8, 4) is 22.6 Å². The highest BCUT2D eigenvalue weighted by Gasteiger charge is 2.23. The summed E-state index contributed by atoms with van der Waals surface area (Å²) in [4.78, 5) is 28.9. The number of fused-ring (bicyclic) bond motifs is 2. The molecule has 3 N–H and O–H groups in total. The van der Waals surface area contributed by atoms with Crippen molar-refractivity contribution in [2.45, 2.75) is 33.2 Å². The molecule has 0 radical (unpaired) electrons. The summed E-state index contributed by atoms with van der Waals surface area (Å²) in [7, 11) is 1.72. The number of rotatable bonds is 6. The first kappa shape index (κ1) is 24.9. The number of hydrogen-bond donors (Lipinski definition) is 3. The number of para-hydroxylation sites is 1. The molecule has 1 atom stereocenters. The Morgan fingerprint density at radius 1 is 1.18 bits per heavy atom. The summed E-state index contributed by atoms with van der Waals surface area (Å²) in [5.74, 6) is 1.20. The quantitative estimate of drug-likeness (QED) is 0.302. The predicted octanol–water partition coefficient (Wildman–Crippen LogP) is 4.58. The molecule has 1 aliphatic rings. The molecule has 3 aromatic heterocycles. The number of H-pyrrole nitrogens is 1. The number of benzene rings is 2. The first-order chi connectivity index (χ1) is 18.9. The molecule has 1 aliphatic heterocycles. The normalized spacial score (nSPS) is 15.3. The van der Waals surface area contributed by atoms with E-state index < -0.39 is 0 Å². The minimum atomic E-state index is -0.254. The van der Waals surface area contributed by atoms with E-state index in [1.165, 1.54) is 0 Å². The number of hydrogen-bond acceptors (Lipinski definition) is 5. The number of aromatic nitrogens is 4. The molecule has 1 unspecified atom stereocenters. The van der Waals surface area contributed by atoms with Gasteiger partial charge in [-0.25, -0.2) is 0 Å². The van der Waals surface area contributed by atoms with Crippen molar-refractivity contribution in [2.24, 2.45) is 7.05 Å². The zero-order valence-electron chi connectivity index (χ0n) is 22.6. The third kappa shape index (κ3) is 4.28. The third-order valence-corrected chi connectivity index (χ3v) is 7.53. The van der Waals surface area contributed by atoms with Gasteiger partial charge in [-0.3, -0.25) is 14.3 Å². The highest BCUT2D eigenvalue weighted by molar-refractivity contribution is 6.04. The van der Waals surface area contributed by atoms with E-state index in [0.29, 0.717) is 28.9 Å². The van der Waals surface area contributed by atoms with Crippen LogP contribution in [-0.4, -0.2) is 44.9 Å². The van der Waals surface area contributed by atoms with E-state index in [9.17, 15) is 9.59 Å². The number of nitrogens with zero attached hydrogens (tertiary/aromatic N) is 3. The molecule has 0 saturated carbocycles. The summed E-state index contributed by atoms with van der Waals surface area (Å²) in [6.07, 6.45) is 4.70. The molecule has 39 heavy (non-hydrogen) atoms. The van der Waals surface area contributed by atoms with Crippen LogP contribution < -0.4 is 20.9 Å². The van der Waals surface area contributed by atoms with Crippen LogP contribution in [0.4, 0.5) is 0 Å². The fourth-order valence-corrected chi connectivity index (χ4v) is 5.50. The first-order valence-corrected chi connectivity index (χ1v) is 13.3. The lowest BCUT2D eigenvalue weighted by Crippen LogP contribution is -2.23. The Morgan fingerprint density at radius 3 is 2.69 bits per heavy atom. The van der Waals surface area contributed by atoms with Crippen LogP contribution in [-0.2, 0) is 7.05 Å². The molecule has 1 saturated heterocycles. The summed E-state index contributed by atoms with van der Waals surface area (Å²) in [6.45, 7) is 8.23. The van der Waals surface area contributed by atoms with Crippen molar-refractivity contribution < 1.29 is 9.53 Å². The van der Waals surface area contributed by atoms with Crippen LogP contribution in [0.1, 0.15) is 41.0 Å². The standard InChI is InChI=1S/C30H32N6O3/c1-5-32-29(37)24-12-22-23(16-35(4)30(38)27(22)34-24)21-13-25-19(14-33-36(25)20-9-10-31-15-20)11-26(21)39-28-17(2)7-6-8-18(28)3/h6-8,11-14,16,20,31,34H,5,9-10,15H2,1-4H3,(H,32,37). The maximum absolute atomic E-state index is 13.1. The molecular formula is C30H32N6O3. The zero-order chi connectivity index (χ0) is 27.3. The average molecular weight is 525 g/mol. The second-order valence-electron chi connectivity index (χ2n) is 10.3.